The van der Waals surface area contributed by atoms with Gasteiger partial charge in [-0.15, -0.1) is 0 Å². The molecule has 0 radical (unpaired) electrons. The molecule has 4 nitrogen and oxygen atoms in total. The fourth-order valence-corrected chi connectivity index (χ4v) is 1.93. The lowest BCUT2D eigenvalue weighted by atomic mass is 10.0. The fraction of sp³-hybridized carbons (Fsp3) is 1.00. The van der Waals surface area contributed by atoms with Crippen LogP contribution < -0.4 is 5.32 Å². The topological polar surface area (TPSA) is 55.7 Å². The number of hydrogen-bond acceptors (Lipinski definition) is 4. The van der Waals surface area contributed by atoms with E-state index in [4.69, 9.17) is 5.11 Å². The molecule has 0 aromatic rings. The van der Waals surface area contributed by atoms with Crippen LogP contribution in [0.1, 0.15) is 33.6 Å². The Bertz CT molecular complexity index is 163. The Hall–Kier alpha value is -0.160. The number of aliphatic hydroxyl groups excluding tert-OH is 2. The number of rotatable bonds is 11. The molecule has 0 spiro atoms. The van der Waals surface area contributed by atoms with E-state index in [1.54, 1.807) is 0 Å². The molecule has 0 aromatic carbocycles. The highest BCUT2D eigenvalue weighted by molar-refractivity contribution is 4.67. The van der Waals surface area contributed by atoms with E-state index in [-0.39, 0.29) is 12.7 Å². The van der Waals surface area contributed by atoms with Crippen molar-refractivity contribution >= 4 is 0 Å². The zero-order valence-corrected chi connectivity index (χ0v) is 11.7. The molecule has 2 unspecified atom stereocenters. The molecule has 0 aliphatic carbocycles. The summed E-state index contributed by atoms with van der Waals surface area (Å²) >= 11 is 0. The van der Waals surface area contributed by atoms with Gasteiger partial charge in [-0.2, -0.15) is 0 Å². The van der Waals surface area contributed by atoms with Crippen LogP contribution in [-0.4, -0.2) is 60.5 Å². The summed E-state index contributed by atoms with van der Waals surface area (Å²) in [6.45, 7) is 10.8. The van der Waals surface area contributed by atoms with E-state index in [2.05, 4.69) is 31.0 Å². The Morgan fingerprint density at radius 2 is 1.76 bits per heavy atom. The minimum atomic E-state index is -0.304. The van der Waals surface area contributed by atoms with Crippen LogP contribution in [0.25, 0.3) is 0 Å². The molecule has 0 rings (SSSR count). The second-order valence-corrected chi connectivity index (χ2v) is 4.58. The Morgan fingerprint density at radius 3 is 2.24 bits per heavy atom. The van der Waals surface area contributed by atoms with Gasteiger partial charge < -0.3 is 20.4 Å². The lowest BCUT2D eigenvalue weighted by Crippen LogP contribution is -2.39. The van der Waals surface area contributed by atoms with E-state index in [1.807, 2.05) is 0 Å². The van der Waals surface area contributed by atoms with Crippen LogP contribution in [0.2, 0.25) is 0 Å². The number of hydrogen-bond donors (Lipinski definition) is 3. The molecule has 104 valence electrons. The maximum Gasteiger partial charge on any atom is 0.0791 e. The van der Waals surface area contributed by atoms with Gasteiger partial charge in [0.2, 0.25) is 0 Å². The molecule has 0 aliphatic heterocycles. The third kappa shape index (κ3) is 8.55. The van der Waals surface area contributed by atoms with Gasteiger partial charge in [0, 0.05) is 19.7 Å². The summed E-state index contributed by atoms with van der Waals surface area (Å²) in [7, 11) is 0. The van der Waals surface area contributed by atoms with E-state index in [9.17, 15) is 5.11 Å². The average molecular weight is 246 g/mol. The van der Waals surface area contributed by atoms with Crippen molar-refractivity contribution in [2.75, 3.05) is 39.3 Å². The number of nitrogens with zero attached hydrogens (tertiary/aromatic N) is 1. The van der Waals surface area contributed by atoms with Crippen LogP contribution in [0.5, 0.6) is 0 Å². The Kier molecular flexibility index (Phi) is 10.9. The van der Waals surface area contributed by atoms with Crippen LogP contribution in [0.15, 0.2) is 0 Å². The molecule has 17 heavy (non-hydrogen) atoms. The van der Waals surface area contributed by atoms with Gasteiger partial charge in [0.1, 0.15) is 0 Å². The van der Waals surface area contributed by atoms with E-state index >= 15 is 0 Å². The Balaban J connectivity index is 3.65. The largest absolute Gasteiger partial charge is 0.396 e. The molecule has 0 amide bonds. The maximum absolute atomic E-state index is 9.84. The third-order valence-electron chi connectivity index (χ3n) is 3.29. The Morgan fingerprint density at radius 1 is 1.12 bits per heavy atom. The van der Waals surface area contributed by atoms with Crippen molar-refractivity contribution in [2.24, 2.45) is 5.92 Å². The predicted octanol–water partition coefficient (Wildman–Crippen LogP) is 0.687. The normalized spacial score (nSPS) is 15.2. The van der Waals surface area contributed by atoms with E-state index in [1.165, 1.54) is 0 Å². The predicted molar refractivity (Wildman–Crippen MR) is 72.1 cm³/mol. The molecule has 0 saturated heterocycles. The first-order valence-electron chi connectivity index (χ1n) is 6.89. The highest BCUT2D eigenvalue weighted by Crippen LogP contribution is 2.05. The van der Waals surface area contributed by atoms with Gasteiger partial charge >= 0.3 is 0 Å². The fourth-order valence-electron chi connectivity index (χ4n) is 1.93. The van der Waals surface area contributed by atoms with Crippen LogP contribution >= 0.6 is 0 Å². The van der Waals surface area contributed by atoms with Gasteiger partial charge in [0.25, 0.3) is 0 Å². The quantitative estimate of drug-likeness (QED) is 0.502. The summed E-state index contributed by atoms with van der Waals surface area (Å²) < 4.78 is 0. The first kappa shape index (κ1) is 16.8. The molecular weight excluding hydrogens is 216 g/mol. The zero-order chi connectivity index (χ0) is 13.1. The molecular formula is C13H30N2O2. The highest BCUT2D eigenvalue weighted by Gasteiger charge is 2.10. The van der Waals surface area contributed by atoms with Gasteiger partial charge in [-0.1, -0.05) is 27.2 Å². The van der Waals surface area contributed by atoms with Crippen LogP contribution in [0.3, 0.4) is 0 Å². The minimum absolute atomic E-state index is 0.252. The van der Waals surface area contributed by atoms with Crippen molar-refractivity contribution in [2.45, 2.75) is 39.7 Å². The van der Waals surface area contributed by atoms with Crippen molar-refractivity contribution in [3.8, 4) is 0 Å². The second-order valence-electron chi connectivity index (χ2n) is 4.58. The van der Waals surface area contributed by atoms with Crippen molar-refractivity contribution in [1.29, 1.82) is 0 Å². The molecule has 0 bridgehead atoms. The van der Waals surface area contributed by atoms with Gasteiger partial charge in [-0.3, -0.25) is 0 Å². The first-order chi connectivity index (χ1) is 8.17. The van der Waals surface area contributed by atoms with Crippen LogP contribution in [0.4, 0.5) is 0 Å². The highest BCUT2D eigenvalue weighted by atomic mass is 16.3. The molecule has 3 N–H and O–H groups in total. The van der Waals surface area contributed by atoms with Gasteiger partial charge in [-0.05, 0) is 32.0 Å². The summed E-state index contributed by atoms with van der Waals surface area (Å²) in [5, 5.41) is 22.0. The number of likely N-dealkylation sites (N-methyl/N-ethyl adjacent to an activating group) is 1. The summed E-state index contributed by atoms with van der Waals surface area (Å²) in [5.41, 5.74) is 0. The van der Waals surface area contributed by atoms with Gasteiger partial charge in [-0.25, -0.2) is 0 Å². The monoisotopic (exact) mass is 246 g/mol. The van der Waals surface area contributed by atoms with Crippen molar-refractivity contribution in [1.82, 2.24) is 10.2 Å². The summed E-state index contributed by atoms with van der Waals surface area (Å²) in [4.78, 5) is 2.22. The summed E-state index contributed by atoms with van der Waals surface area (Å²) in [6, 6.07) is 0. The van der Waals surface area contributed by atoms with E-state index in [0.717, 1.165) is 39.0 Å². The molecule has 0 saturated carbocycles. The van der Waals surface area contributed by atoms with E-state index in [0.29, 0.717) is 12.5 Å². The SMILES string of the molecule is CCC(CCO)CNCC(O)CN(CC)CC. The average Bonchev–Trinajstić information content (AvgIpc) is 2.34. The van der Waals surface area contributed by atoms with Crippen molar-refractivity contribution < 1.29 is 10.2 Å². The molecule has 4 heteroatoms. The van der Waals surface area contributed by atoms with Gasteiger partial charge in [0.15, 0.2) is 0 Å². The van der Waals surface area contributed by atoms with Crippen LogP contribution in [0, 0.1) is 5.92 Å². The smallest absolute Gasteiger partial charge is 0.0791 e. The minimum Gasteiger partial charge on any atom is -0.396 e. The summed E-state index contributed by atoms with van der Waals surface area (Å²) in [5.74, 6) is 0.514. The Labute approximate surface area is 106 Å². The molecule has 0 fully saturated rings. The van der Waals surface area contributed by atoms with Crippen LogP contribution in [-0.2, 0) is 0 Å². The molecule has 2 atom stereocenters. The third-order valence-corrected chi connectivity index (χ3v) is 3.29. The second kappa shape index (κ2) is 11.0. The van der Waals surface area contributed by atoms with E-state index < -0.39 is 0 Å². The lowest BCUT2D eigenvalue weighted by molar-refractivity contribution is 0.115. The first-order valence-corrected chi connectivity index (χ1v) is 6.89. The van der Waals surface area contributed by atoms with Crippen molar-refractivity contribution in [3.05, 3.63) is 0 Å². The standard InChI is InChI=1S/C13H30N2O2/c1-4-12(7-8-16)9-14-10-13(17)11-15(5-2)6-3/h12-14,16-17H,4-11H2,1-3H3. The lowest BCUT2D eigenvalue weighted by Gasteiger charge is -2.23. The molecule has 0 heterocycles. The molecule has 0 aromatic heterocycles. The summed E-state index contributed by atoms with van der Waals surface area (Å²) in [6.07, 6.45) is 1.61. The molecule has 0 aliphatic rings. The zero-order valence-electron chi connectivity index (χ0n) is 11.7. The number of aliphatic hydroxyl groups is 2. The maximum atomic E-state index is 9.84. The van der Waals surface area contributed by atoms with Crippen molar-refractivity contribution in [3.63, 3.8) is 0 Å². The number of nitrogens with one attached hydrogen (secondary N) is 1. The van der Waals surface area contributed by atoms with Gasteiger partial charge in [0.05, 0.1) is 6.10 Å².